The summed E-state index contributed by atoms with van der Waals surface area (Å²) in [5.41, 5.74) is 14.5. The van der Waals surface area contributed by atoms with Crippen molar-refractivity contribution in [2.75, 3.05) is 0 Å². The first-order valence-electron chi connectivity index (χ1n) is 8.16. The van der Waals surface area contributed by atoms with E-state index in [1.165, 1.54) is 4.90 Å². The Hall–Kier alpha value is -2.86. The zero-order valence-electron chi connectivity index (χ0n) is 13.8. The maximum Gasteiger partial charge on any atom is 0.240 e. The molecule has 0 aliphatic carbocycles. The molecule has 0 bridgehead atoms. The zero-order chi connectivity index (χ0) is 18.0. The van der Waals surface area contributed by atoms with Crippen LogP contribution in [0.5, 0.6) is 5.75 Å². The molecule has 25 heavy (non-hydrogen) atoms. The Morgan fingerprint density at radius 2 is 1.76 bits per heavy atom. The lowest BCUT2D eigenvalue weighted by Gasteiger charge is -2.36. The van der Waals surface area contributed by atoms with Gasteiger partial charge in [0.1, 0.15) is 11.8 Å². The first kappa shape index (κ1) is 17.0. The largest absolute Gasteiger partial charge is 0.508 e. The fourth-order valence-electron chi connectivity index (χ4n) is 3.20. The van der Waals surface area contributed by atoms with E-state index in [9.17, 15) is 14.7 Å². The average Bonchev–Trinajstić information content (AvgIpc) is 2.61. The zero-order valence-corrected chi connectivity index (χ0v) is 13.8. The van der Waals surface area contributed by atoms with Crippen molar-refractivity contribution in [3.63, 3.8) is 0 Å². The third-order valence-electron chi connectivity index (χ3n) is 4.57. The number of hydrogen-bond acceptors (Lipinski definition) is 4. The number of phenols is 1. The van der Waals surface area contributed by atoms with Crippen LogP contribution in [0.25, 0.3) is 0 Å². The second-order valence-electron chi connectivity index (χ2n) is 6.33. The van der Waals surface area contributed by atoms with Crippen LogP contribution in [0.1, 0.15) is 16.7 Å². The van der Waals surface area contributed by atoms with Crippen molar-refractivity contribution >= 4 is 11.8 Å². The van der Waals surface area contributed by atoms with Crippen molar-refractivity contribution in [3.8, 4) is 5.75 Å². The van der Waals surface area contributed by atoms with Gasteiger partial charge in [-0.3, -0.25) is 9.59 Å². The molecular formula is C19H21N3O3. The molecule has 0 saturated carbocycles. The number of amides is 2. The smallest absolute Gasteiger partial charge is 0.240 e. The molecule has 0 radical (unpaired) electrons. The predicted molar refractivity (Wildman–Crippen MR) is 93.5 cm³/mol. The molecule has 130 valence electrons. The van der Waals surface area contributed by atoms with Crippen LogP contribution in [0.4, 0.5) is 0 Å². The molecule has 2 unspecified atom stereocenters. The van der Waals surface area contributed by atoms with Gasteiger partial charge in [-0.15, -0.1) is 0 Å². The molecule has 3 rings (SSSR count). The van der Waals surface area contributed by atoms with Crippen LogP contribution in [0, 0.1) is 0 Å². The number of carbonyl (C=O) groups excluding carboxylic acids is 2. The van der Waals surface area contributed by atoms with Crippen LogP contribution >= 0.6 is 0 Å². The first-order valence-corrected chi connectivity index (χ1v) is 8.16. The highest BCUT2D eigenvalue weighted by Gasteiger charge is 2.35. The van der Waals surface area contributed by atoms with Gasteiger partial charge in [-0.25, -0.2) is 0 Å². The highest BCUT2D eigenvalue weighted by atomic mass is 16.3. The molecule has 1 aliphatic heterocycles. The molecule has 5 N–H and O–H groups in total. The molecule has 1 heterocycles. The van der Waals surface area contributed by atoms with E-state index in [-0.39, 0.29) is 11.7 Å². The number of primary amides is 1. The quantitative estimate of drug-likeness (QED) is 0.761. The molecule has 2 aromatic carbocycles. The van der Waals surface area contributed by atoms with E-state index in [0.29, 0.717) is 19.4 Å². The van der Waals surface area contributed by atoms with Crippen LogP contribution in [-0.4, -0.2) is 33.9 Å². The van der Waals surface area contributed by atoms with Crippen molar-refractivity contribution in [1.82, 2.24) is 4.90 Å². The molecule has 0 aromatic heterocycles. The topological polar surface area (TPSA) is 110 Å². The fraction of sp³-hybridized carbons (Fsp3) is 0.263. The van der Waals surface area contributed by atoms with Gasteiger partial charge in [0, 0.05) is 13.0 Å². The molecular weight excluding hydrogens is 318 g/mol. The lowest BCUT2D eigenvalue weighted by atomic mass is 9.92. The summed E-state index contributed by atoms with van der Waals surface area (Å²) in [7, 11) is 0. The number of nitrogens with two attached hydrogens (primary N) is 2. The summed E-state index contributed by atoms with van der Waals surface area (Å²) >= 11 is 0. The summed E-state index contributed by atoms with van der Waals surface area (Å²) in [5, 5.41) is 9.33. The van der Waals surface area contributed by atoms with E-state index in [2.05, 4.69) is 0 Å². The standard InChI is InChI=1S/C19H21N3O3/c20-16(9-12-5-7-15(23)8-6-12)19(25)22-11-14-4-2-1-3-13(14)10-17(22)18(21)24/h1-8,16-17,23H,9-11,20H2,(H2,21,24). The second-order valence-corrected chi connectivity index (χ2v) is 6.33. The number of fused-ring (bicyclic) bond motifs is 1. The van der Waals surface area contributed by atoms with Gasteiger partial charge < -0.3 is 21.5 Å². The van der Waals surface area contributed by atoms with E-state index in [0.717, 1.165) is 16.7 Å². The Kier molecular flexibility index (Phi) is 4.72. The Bertz CT molecular complexity index is 789. The Labute approximate surface area is 146 Å². The molecule has 6 heteroatoms. The van der Waals surface area contributed by atoms with Crippen molar-refractivity contribution in [2.45, 2.75) is 31.5 Å². The van der Waals surface area contributed by atoms with Crippen LogP contribution in [0.15, 0.2) is 48.5 Å². The van der Waals surface area contributed by atoms with E-state index in [1.807, 2.05) is 24.3 Å². The van der Waals surface area contributed by atoms with E-state index >= 15 is 0 Å². The molecule has 0 fully saturated rings. The lowest BCUT2D eigenvalue weighted by molar-refractivity contribution is -0.141. The Morgan fingerprint density at radius 1 is 1.12 bits per heavy atom. The van der Waals surface area contributed by atoms with Crippen molar-refractivity contribution in [1.29, 1.82) is 0 Å². The minimum Gasteiger partial charge on any atom is -0.508 e. The van der Waals surface area contributed by atoms with Crippen molar-refractivity contribution in [2.24, 2.45) is 11.5 Å². The summed E-state index contributed by atoms with van der Waals surface area (Å²) < 4.78 is 0. The highest BCUT2D eigenvalue weighted by Crippen LogP contribution is 2.24. The maximum atomic E-state index is 12.8. The molecule has 0 saturated heterocycles. The predicted octanol–water partition coefficient (Wildman–Crippen LogP) is 0.701. The number of hydrogen-bond donors (Lipinski definition) is 3. The van der Waals surface area contributed by atoms with Gasteiger partial charge in [0.15, 0.2) is 0 Å². The maximum absolute atomic E-state index is 12.8. The lowest BCUT2D eigenvalue weighted by Crippen LogP contribution is -2.55. The third kappa shape index (κ3) is 3.64. The van der Waals surface area contributed by atoms with Crippen LogP contribution in [0.2, 0.25) is 0 Å². The van der Waals surface area contributed by atoms with E-state index < -0.39 is 18.0 Å². The van der Waals surface area contributed by atoms with Gasteiger partial charge in [-0.1, -0.05) is 36.4 Å². The number of rotatable bonds is 4. The van der Waals surface area contributed by atoms with Gasteiger partial charge in [-0.2, -0.15) is 0 Å². The highest BCUT2D eigenvalue weighted by molar-refractivity contribution is 5.89. The normalized spacial score (nSPS) is 17.6. The monoisotopic (exact) mass is 339 g/mol. The minimum atomic E-state index is -0.781. The molecule has 0 spiro atoms. The van der Waals surface area contributed by atoms with E-state index in [1.54, 1.807) is 24.3 Å². The summed E-state index contributed by atoms with van der Waals surface area (Å²) in [6.07, 6.45) is 0.728. The van der Waals surface area contributed by atoms with Gasteiger partial charge in [0.05, 0.1) is 6.04 Å². The summed E-state index contributed by atoms with van der Waals surface area (Å²) in [6.45, 7) is 0.325. The summed E-state index contributed by atoms with van der Waals surface area (Å²) in [4.78, 5) is 26.2. The van der Waals surface area contributed by atoms with Gasteiger partial charge in [0.25, 0.3) is 0 Å². The molecule has 1 aliphatic rings. The number of benzene rings is 2. The molecule has 2 atom stereocenters. The first-order chi connectivity index (χ1) is 12.0. The fourth-order valence-corrected chi connectivity index (χ4v) is 3.20. The van der Waals surface area contributed by atoms with Crippen LogP contribution in [-0.2, 0) is 29.0 Å². The minimum absolute atomic E-state index is 0.157. The van der Waals surface area contributed by atoms with Crippen molar-refractivity contribution < 1.29 is 14.7 Å². The van der Waals surface area contributed by atoms with Gasteiger partial charge >= 0.3 is 0 Å². The van der Waals surface area contributed by atoms with Gasteiger partial charge in [0.2, 0.25) is 11.8 Å². The third-order valence-corrected chi connectivity index (χ3v) is 4.57. The number of carbonyl (C=O) groups is 2. The molecule has 2 aromatic rings. The van der Waals surface area contributed by atoms with Crippen molar-refractivity contribution in [3.05, 3.63) is 65.2 Å². The molecule has 6 nitrogen and oxygen atoms in total. The van der Waals surface area contributed by atoms with E-state index in [4.69, 9.17) is 11.5 Å². The number of phenolic OH excluding ortho intramolecular Hbond substituents is 1. The van der Waals surface area contributed by atoms with Crippen LogP contribution < -0.4 is 11.5 Å². The number of nitrogens with zero attached hydrogens (tertiary/aromatic N) is 1. The average molecular weight is 339 g/mol. The second kappa shape index (κ2) is 6.94. The summed E-state index contributed by atoms with van der Waals surface area (Å²) in [5.74, 6) is -0.670. The van der Waals surface area contributed by atoms with Gasteiger partial charge in [-0.05, 0) is 35.2 Å². The van der Waals surface area contributed by atoms with Crippen LogP contribution in [0.3, 0.4) is 0 Å². The molecule has 2 amide bonds. The Morgan fingerprint density at radius 3 is 2.40 bits per heavy atom. The SMILES string of the molecule is NC(=O)C1Cc2ccccc2CN1C(=O)C(N)Cc1ccc(O)cc1. The summed E-state index contributed by atoms with van der Waals surface area (Å²) in [6, 6.07) is 12.8. The number of aromatic hydroxyl groups is 1. The Balaban J connectivity index is 1.79.